The van der Waals surface area contributed by atoms with Crippen LogP contribution < -0.4 is 0 Å². The van der Waals surface area contributed by atoms with Crippen LogP contribution in [0, 0.1) is 0 Å². The summed E-state index contributed by atoms with van der Waals surface area (Å²) in [6, 6.07) is 30.7. The van der Waals surface area contributed by atoms with Crippen LogP contribution in [-0.4, -0.2) is 17.3 Å². The van der Waals surface area contributed by atoms with E-state index < -0.39 is 0 Å². The maximum Gasteiger partial charge on any atom is 0.105 e. The summed E-state index contributed by atoms with van der Waals surface area (Å²) in [5.74, 6) is 1.25. The van der Waals surface area contributed by atoms with Crippen LogP contribution in [0.1, 0.15) is 36.0 Å². The molecule has 1 fully saturated rings. The summed E-state index contributed by atoms with van der Waals surface area (Å²) in [5.41, 5.74) is 5.39. The van der Waals surface area contributed by atoms with Crippen molar-refractivity contribution in [2.75, 3.05) is 6.54 Å². The molecule has 2 aliphatic rings. The third-order valence-corrected chi connectivity index (χ3v) is 6.20. The standard InChI is InChI=1S/C25H24N2/c1-3-10-21(11-4-1)25(22-12-5-2-6-13-22)16-15-24-26-23-14-8-7-9-20(23)19-27(24)18-17-25/h1-14H,15-19H2. The van der Waals surface area contributed by atoms with Crippen LogP contribution in [0.3, 0.4) is 0 Å². The Bertz CT molecular complexity index is 920. The van der Waals surface area contributed by atoms with E-state index in [-0.39, 0.29) is 5.41 Å². The normalized spacial score (nSPS) is 18.1. The molecule has 0 N–H and O–H groups in total. The molecule has 5 rings (SSSR count). The summed E-state index contributed by atoms with van der Waals surface area (Å²) in [4.78, 5) is 7.52. The molecular weight excluding hydrogens is 328 g/mol. The molecule has 3 aromatic carbocycles. The molecule has 0 amide bonds. The van der Waals surface area contributed by atoms with Gasteiger partial charge in [-0.1, -0.05) is 78.9 Å². The Balaban J connectivity index is 1.56. The fraction of sp³-hybridized carbons (Fsp3) is 0.240. The third kappa shape index (κ3) is 2.86. The summed E-state index contributed by atoms with van der Waals surface area (Å²) in [7, 11) is 0. The van der Waals surface area contributed by atoms with Gasteiger partial charge in [-0.2, -0.15) is 0 Å². The molecule has 0 atom stereocenters. The first-order valence-electron chi connectivity index (χ1n) is 9.87. The lowest BCUT2D eigenvalue weighted by Gasteiger charge is -2.34. The lowest BCUT2D eigenvalue weighted by molar-refractivity contribution is 0.364. The zero-order valence-electron chi connectivity index (χ0n) is 15.5. The van der Waals surface area contributed by atoms with E-state index in [2.05, 4.69) is 89.8 Å². The van der Waals surface area contributed by atoms with E-state index in [9.17, 15) is 0 Å². The molecule has 0 aliphatic carbocycles. The molecule has 27 heavy (non-hydrogen) atoms. The number of para-hydroxylation sites is 1. The van der Waals surface area contributed by atoms with Gasteiger partial charge < -0.3 is 4.90 Å². The van der Waals surface area contributed by atoms with E-state index >= 15 is 0 Å². The Morgan fingerprint density at radius 3 is 2.04 bits per heavy atom. The Hall–Kier alpha value is -2.87. The van der Waals surface area contributed by atoms with Crippen molar-refractivity contribution in [3.05, 3.63) is 102 Å². The maximum atomic E-state index is 5.02. The van der Waals surface area contributed by atoms with Crippen molar-refractivity contribution < 1.29 is 0 Å². The van der Waals surface area contributed by atoms with Gasteiger partial charge in [0, 0.05) is 24.9 Å². The Morgan fingerprint density at radius 1 is 0.704 bits per heavy atom. The Morgan fingerprint density at radius 2 is 1.33 bits per heavy atom. The SMILES string of the molecule is c1ccc(C2(c3ccccc3)CCC3=Nc4ccccc4CN3CC2)cc1. The summed E-state index contributed by atoms with van der Waals surface area (Å²) < 4.78 is 0. The summed E-state index contributed by atoms with van der Waals surface area (Å²) in [6.45, 7) is 2.02. The zero-order chi connectivity index (χ0) is 18.1. The number of benzene rings is 3. The molecule has 2 aliphatic heterocycles. The number of amidine groups is 1. The van der Waals surface area contributed by atoms with Crippen molar-refractivity contribution in [1.29, 1.82) is 0 Å². The van der Waals surface area contributed by atoms with E-state index in [1.807, 2.05) is 0 Å². The molecule has 3 aromatic rings. The third-order valence-electron chi connectivity index (χ3n) is 6.20. The van der Waals surface area contributed by atoms with Gasteiger partial charge in [-0.05, 0) is 35.6 Å². The first-order chi connectivity index (χ1) is 13.4. The number of nitrogens with zero attached hydrogens (tertiary/aromatic N) is 2. The molecule has 0 bridgehead atoms. The molecule has 134 valence electrons. The van der Waals surface area contributed by atoms with Crippen LogP contribution in [0.5, 0.6) is 0 Å². The first kappa shape index (κ1) is 16.3. The minimum Gasteiger partial charge on any atom is -0.356 e. The second-order valence-corrected chi connectivity index (χ2v) is 7.64. The van der Waals surface area contributed by atoms with Gasteiger partial charge in [0.15, 0.2) is 0 Å². The van der Waals surface area contributed by atoms with Gasteiger partial charge in [-0.15, -0.1) is 0 Å². The fourth-order valence-electron chi connectivity index (χ4n) is 4.72. The predicted octanol–water partition coefficient (Wildman–Crippen LogP) is 5.70. The molecule has 2 nitrogen and oxygen atoms in total. The van der Waals surface area contributed by atoms with Crippen LogP contribution in [-0.2, 0) is 12.0 Å². The van der Waals surface area contributed by atoms with Gasteiger partial charge in [-0.25, -0.2) is 4.99 Å². The van der Waals surface area contributed by atoms with Crippen molar-refractivity contribution >= 4 is 11.5 Å². The zero-order valence-corrected chi connectivity index (χ0v) is 15.5. The number of hydrogen-bond acceptors (Lipinski definition) is 2. The molecular formula is C25H24N2. The van der Waals surface area contributed by atoms with Crippen molar-refractivity contribution in [2.45, 2.75) is 31.2 Å². The maximum absolute atomic E-state index is 5.02. The van der Waals surface area contributed by atoms with Gasteiger partial charge in [0.25, 0.3) is 0 Å². The highest BCUT2D eigenvalue weighted by molar-refractivity contribution is 5.87. The van der Waals surface area contributed by atoms with Crippen LogP contribution in [0.4, 0.5) is 5.69 Å². The summed E-state index contributed by atoms with van der Waals surface area (Å²) in [6.07, 6.45) is 3.22. The number of hydrogen-bond donors (Lipinski definition) is 0. The van der Waals surface area contributed by atoms with Crippen molar-refractivity contribution in [1.82, 2.24) is 4.90 Å². The smallest absolute Gasteiger partial charge is 0.105 e. The number of aliphatic imine (C=N–C) groups is 1. The van der Waals surface area contributed by atoms with E-state index in [0.29, 0.717) is 0 Å². The summed E-state index contributed by atoms with van der Waals surface area (Å²) >= 11 is 0. The average Bonchev–Trinajstić information content (AvgIpc) is 2.94. The highest BCUT2D eigenvalue weighted by atomic mass is 15.2. The van der Waals surface area contributed by atoms with Gasteiger partial charge in [0.1, 0.15) is 5.84 Å². The quantitative estimate of drug-likeness (QED) is 0.577. The molecule has 0 spiro atoms. The molecule has 0 saturated carbocycles. The lowest BCUT2D eigenvalue weighted by Crippen LogP contribution is -2.33. The minimum atomic E-state index is 0.0502. The minimum absolute atomic E-state index is 0.0502. The summed E-state index contributed by atoms with van der Waals surface area (Å²) in [5, 5.41) is 0. The van der Waals surface area contributed by atoms with Crippen molar-refractivity contribution in [3.63, 3.8) is 0 Å². The number of rotatable bonds is 2. The van der Waals surface area contributed by atoms with Crippen LogP contribution in [0.2, 0.25) is 0 Å². The van der Waals surface area contributed by atoms with E-state index in [1.165, 1.54) is 22.5 Å². The van der Waals surface area contributed by atoms with E-state index in [0.717, 1.165) is 38.0 Å². The van der Waals surface area contributed by atoms with Crippen LogP contribution in [0.15, 0.2) is 89.9 Å². The monoisotopic (exact) mass is 352 g/mol. The second kappa shape index (κ2) is 6.70. The largest absolute Gasteiger partial charge is 0.356 e. The topological polar surface area (TPSA) is 15.6 Å². The molecule has 0 unspecified atom stereocenters. The number of fused-ring (bicyclic) bond motifs is 2. The Kier molecular flexibility index (Phi) is 4.05. The lowest BCUT2D eigenvalue weighted by atomic mass is 9.69. The van der Waals surface area contributed by atoms with Crippen LogP contribution >= 0.6 is 0 Å². The average molecular weight is 352 g/mol. The highest BCUT2D eigenvalue weighted by Crippen LogP contribution is 2.43. The predicted molar refractivity (Wildman–Crippen MR) is 111 cm³/mol. The molecule has 2 heteroatoms. The van der Waals surface area contributed by atoms with Gasteiger partial charge in [0.2, 0.25) is 0 Å². The van der Waals surface area contributed by atoms with E-state index in [1.54, 1.807) is 0 Å². The molecule has 0 radical (unpaired) electrons. The van der Waals surface area contributed by atoms with Crippen molar-refractivity contribution in [3.8, 4) is 0 Å². The van der Waals surface area contributed by atoms with Gasteiger partial charge in [-0.3, -0.25) is 0 Å². The van der Waals surface area contributed by atoms with Crippen LogP contribution in [0.25, 0.3) is 0 Å². The van der Waals surface area contributed by atoms with E-state index in [4.69, 9.17) is 4.99 Å². The van der Waals surface area contributed by atoms with Gasteiger partial charge >= 0.3 is 0 Å². The van der Waals surface area contributed by atoms with Gasteiger partial charge in [0.05, 0.1) is 5.69 Å². The molecule has 1 saturated heterocycles. The second-order valence-electron chi connectivity index (χ2n) is 7.64. The van der Waals surface area contributed by atoms with Crippen molar-refractivity contribution in [2.24, 2.45) is 4.99 Å². The fourth-order valence-corrected chi connectivity index (χ4v) is 4.72. The first-order valence-corrected chi connectivity index (χ1v) is 9.87. The molecule has 0 aromatic heterocycles. The Labute approximate surface area is 161 Å². The highest BCUT2D eigenvalue weighted by Gasteiger charge is 2.38. The molecule has 2 heterocycles.